The number of carbonyl (C=O) groups is 2. The van der Waals surface area contributed by atoms with E-state index in [-0.39, 0.29) is 88.9 Å². The molecule has 1 aromatic rings. The molecular formula is C13H14Na2O5. The number of hydrogen-bond acceptors (Lipinski definition) is 3. The fourth-order valence-electron chi connectivity index (χ4n) is 1.62. The second-order valence-electron chi connectivity index (χ2n) is 3.76. The van der Waals surface area contributed by atoms with E-state index in [0.717, 1.165) is 0 Å². The Bertz CT molecular complexity index is 494. The van der Waals surface area contributed by atoms with E-state index in [1.807, 2.05) is 0 Å². The van der Waals surface area contributed by atoms with Crippen molar-refractivity contribution in [1.82, 2.24) is 0 Å². The van der Waals surface area contributed by atoms with Crippen molar-refractivity contribution in [3.63, 3.8) is 0 Å². The first-order chi connectivity index (χ1) is 8.45. The van der Waals surface area contributed by atoms with E-state index in [2.05, 4.69) is 0 Å². The normalized spacial score (nSPS) is 10.7. The average molecular weight is 296 g/mol. The smallest absolute Gasteiger partial charge is 0.332 e. The van der Waals surface area contributed by atoms with Gasteiger partial charge in [-0.05, 0) is 24.1 Å². The molecule has 0 atom stereocenters. The standard InChI is InChI=1S/C13H14O5.2Na/c1-2-10(12(15)16)11(13(17)18)7-8-3-5-9(14)6-4-8;;/h3-6,14H,2,7H2,1H3,(H,15,16)(H,17,18);;. The van der Waals surface area contributed by atoms with E-state index in [9.17, 15) is 9.59 Å². The second kappa shape index (κ2) is 10.4. The number of aliphatic carboxylic acids is 2. The Balaban J connectivity index is 0. The van der Waals surface area contributed by atoms with Crippen LogP contribution in [0.15, 0.2) is 35.4 Å². The zero-order valence-corrected chi connectivity index (χ0v) is 15.9. The van der Waals surface area contributed by atoms with Gasteiger partial charge in [0.15, 0.2) is 0 Å². The molecule has 0 amide bonds. The van der Waals surface area contributed by atoms with Gasteiger partial charge >= 0.3 is 11.9 Å². The minimum Gasteiger partial charge on any atom is -0.508 e. The average Bonchev–Trinajstić information content (AvgIpc) is 2.30. The number of phenols is 1. The Labute approximate surface area is 161 Å². The maximum absolute atomic E-state index is 11.1. The van der Waals surface area contributed by atoms with Crippen LogP contribution in [0.1, 0.15) is 18.9 Å². The van der Waals surface area contributed by atoms with Crippen LogP contribution in [0.25, 0.3) is 0 Å². The molecule has 3 N–H and O–H groups in total. The van der Waals surface area contributed by atoms with E-state index < -0.39 is 11.9 Å². The van der Waals surface area contributed by atoms with Crippen molar-refractivity contribution in [1.29, 1.82) is 0 Å². The van der Waals surface area contributed by atoms with Crippen LogP contribution in [0, 0.1) is 0 Å². The summed E-state index contributed by atoms with van der Waals surface area (Å²) in [7, 11) is 0. The molecule has 0 bridgehead atoms. The summed E-state index contributed by atoms with van der Waals surface area (Å²) < 4.78 is 0. The predicted molar refractivity (Wildman–Crippen MR) is 75.9 cm³/mol. The van der Waals surface area contributed by atoms with Crippen molar-refractivity contribution in [3.05, 3.63) is 41.0 Å². The molecule has 5 nitrogen and oxygen atoms in total. The fraction of sp³-hybridized carbons (Fsp3) is 0.231. The molecule has 0 unspecified atom stereocenters. The van der Waals surface area contributed by atoms with Crippen molar-refractivity contribution in [3.8, 4) is 5.75 Å². The van der Waals surface area contributed by atoms with Crippen molar-refractivity contribution < 1.29 is 24.9 Å². The Morgan fingerprint density at radius 2 is 1.40 bits per heavy atom. The quantitative estimate of drug-likeness (QED) is 0.557. The molecule has 2 radical (unpaired) electrons. The van der Waals surface area contributed by atoms with Crippen LogP contribution in [0.3, 0.4) is 0 Å². The third-order valence-electron chi connectivity index (χ3n) is 2.55. The Kier molecular flexibility index (Phi) is 11.5. The summed E-state index contributed by atoms with van der Waals surface area (Å²) in [5.74, 6) is -2.37. The third kappa shape index (κ3) is 6.43. The zero-order chi connectivity index (χ0) is 13.7. The SMILES string of the molecule is CCC(C(=O)O)=C(Cc1ccc(O)cc1)C(=O)O.[Na].[Na]. The Morgan fingerprint density at radius 1 is 0.950 bits per heavy atom. The molecule has 7 heteroatoms. The summed E-state index contributed by atoms with van der Waals surface area (Å²) in [6.07, 6.45) is 0.167. The first-order valence-corrected chi connectivity index (χ1v) is 5.42. The molecule has 0 aromatic heterocycles. The van der Waals surface area contributed by atoms with Gasteiger partial charge in [-0.3, -0.25) is 0 Å². The van der Waals surface area contributed by atoms with Crippen molar-refractivity contribution in [2.45, 2.75) is 19.8 Å². The Hall–Kier alpha value is -0.300. The topological polar surface area (TPSA) is 94.8 Å². The van der Waals surface area contributed by atoms with Gasteiger partial charge in [0.2, 0.25) is 0 Å². The summed E-state index contributed by atoms with van der Waals surface area (Å²) in [5, 5.41) is 27.1. The van der Waals surface area contributed by atoms with Gasteiger partial charge in [-0.2, -0.15) is 0 Å². The molecule has 1 aromatic carbocycles. The first kappa shape index (κ1) is 22.0. The summed E-state index contributed by atoms with van der Waals surface area (Å²) >= 11 is 0. The van der Waals surface area contributed by atoms with Crippen molar-refractivity contribution in [2.24, 2.45) is 0 Å². The summed E-state index contributed by atoms with van der Waals surface area (Å²) in [6.45, 7) is 1.60. The molecule has 0 aliphatic carbocycles. The molecule has 0 heterocycles. The maximum atomic E-state index is 11.1. The molecular weight excluding hydrogens is 282 g/mol. The fourth-order valence-corrected chi connectivity index (χ4v) is 1.62. The molecule has 0 aliphatic rings. The van der Waals surface area contributed by atoms with Crippen LogP contribution in [-0.4, -0.2) is 86.4 Å². The number of phenolic OH excluding ortho intramolecular Hbond substituents is 1. The number of hydrogen-bond donors (Lipinski definition) is 3. The molecule has 0 spiro atoms. The minimum absolute atomic E-state index is 0. The molecule has 0 saturated heterocycles. The molecule has 20 heavy (non-hydrogen) atoms. The second-order valence-corrected chi connectivity index (χ2v) is 3.76. The van der Waals surface area contributed by atoms with E-state index in [1.54, 1.807) is 19.1 Å². The van der Waals surface area contributed by atoms with Crippen molar-refractivity contribution in [2.75, 3.05) is 0 Å². The van der Waals surface area contributed by atoms with Gasteiger partial charge in [0, 0.05) is 71.1 Å². The Morgan fingerprint density at radius 3 is 1.75 bits per heavy atom. The van der Waals surface area contributed by atoms with Gasteiger partial charge in [-0.15, -0.1) is 0 Å². The van der Waals surface area contributed by atoms with Crippen LogP contribution < -0.4 is 0 Å². The van der Waals surface area contributed by atoms with Gasteiger partial charge in [0.1, 0.15) is 5.75 Å². The monoisotopic (exact) mass is 296 g/mol. The van der Waals surface area contributed by atoms with Gasteiger partial charge in [-0.1, -0.05) is 19.1 Å². The molecule has 0 fully saturated rings. The predicted octanol–water partition coefficient (Wildman–Crippen LogP) is 1.05. The van der Waals surface area contributed by atoms with Crippen LogP contribution >= 0.6 is 0 Å². The summed E-state index contributed by atoms with van der Waals surface area (Å²) in [6, 6.07) is 5.99. The third-order valence-corrected chi connectivity index (χ3v) is 2.55. The van der Waals surface area contributed by atoms with E-state index in [4.69, 9.17) is 15.3 Å². The van der Waals surface area contributed by atoms with Gasteiger partial charge in [0.05, 0.1) is 5.57 Å². The van der Waals surface area contributed by atoms with Crippen LogP contribution in [0.4, 0.5) is 0 Å². The van der Waals surface area contributed by atoms with Gasteiger partial charge in [-0.25, -0.2) is 9.59 Å². The van der Waals surface area contributed by atoms with Crippen molar-refractivity contribution >= 4 is 71.1 Å². The van der Waals surface area contributed by atoms with Crippen LogP contribution in [0.2, 0.25) is 0 Å². The van der Waals surface area contributed by atoms with E-state index in [1.165, 1.54) is 12.1 Å². The largest absolute Gasteiger partial charge is 0.508 e. The van der Waals surface area contributed by atoms with Crippen LogP contribution in [0.5, 0.6) is 5.75 Å². The van der Waals surface area contributed by atoms with Gasteiger partial charge in [0.25, 0.3) is 0 Å². The summed E-state index contributed by atoms with van der Waals surface area (Å²) in [5.41, 5.74) is 0.406. The molecule has 1 rings (SSSR count). The van der Waals surface area contributed by atoms with E-state index in [0.29, 0.717) is 5.56 Å². The van der Waals surface area contributed by atoms with Gasteiger partial charge < -0.3 is 15.3 Å². The van der Waals surface area contributed by atoms with E-state index >= 15 is 0 Å². The maximum Gasteiger partial charge on any atom is 0.332 e. The van der Waals surface area contributed by atoms with Crippen LogP contribution in [-0.2, 0) is 16.0 Å². The molecule has 0 aliphatic heterocycles. The summed E-state index contributed by atoms with van der Waals surface area (Å²) in [4.78, 5) is 22.1. The number of benzene rings is 1. The minimum atomic E-state index is -1.23. The number of carboxylic acids is 2. The number of aromatic hydroxyl groups is 1. The number of carboxylic acid groups (broad SMARTS) is 2. The molecule has 98 valence electrons. The zero-order valence-electron chi connectivity index (χ0n) is 11.9. The molecule has 0 saturated carbocycles. The first-order valence-electron chi connectivity index (χ1n) is 5.42. The number of rotatable bonds is 5.